The Morgan fingerprint density at radius 2 is 1.32 bits per heavy atom. The van der Waals surface area contributed by atoms with E-state index in [2.05, 4.69) is 0 Å². The minimum atomic E-state index is -1.31. The first kappa shape index (κ1) is 26.6. The zero-order chi connectivity index (χ0) is 26.7. The molecule has 196 valence electrons. The minimum Gasteiger partial charge on any atom is -0.494 e. The normalized spacial score (nSPS) is 15.5. The number of ether oxygens (including phenoxy) is 2. The molecule has 0 radical (unpaired) electrons. The van der Waals surface area contributed by atoms with Gasteiger partial charge in [0.25, 0.3) is 0 Å². The molecule has 37 heavy (non-hydrogen) atoms. The van der Waals surface area contributed by atoms with Crippen molar-refractivity contribution >= 4 is 5.57 Å². The summed E-state index contributed by atoms with van der Waals surface area (Å²) in [5.41, 5.74) is 0.252. The first-order valence-electron chi connectivity index (χ1n) is 12.1. The van der Waals surface area contributed by atoms with Crippen molar-refractivity contribution in [1.82, 2.24) is 0 Å². The van der Waals surface area contributed by atoms with Crippen LogP contribution in [0.1, 0.15) is 43.7 Å². The molecule has 1 aliphatic rings. The van der Waals surface area contributed by atoms with E-state index in [0.29, 0.717) is 31.3 Å². The van der Waals surface area contributed by atoms with Crippen LogP contribution >= 0.6 is 0 Å². The van der Waals surface area contributed by atoms with Crippen molar-refractivity contribution < 1.29 is 35.8 Å². The standard InChI is InChI=1S/C29H26F6O2/c1-3-37-23-15-13-21(27(33)29(23)35)20-11-10-18(24(30)26(20)32)9-6-16-4-7-17(8-5-16)19-12-14-22(36-2)28(34)25(19)31/h7,10-16H,3-6,8-9H2,1-2H3. The average Bonchev–Trinajstić information content (AvgIpc) is 2.90. The van der Waals surface area contributed by atoms with Crippen molar-refractivity contribution in [1.29, 1.82) is 0 Å². The maximum absolute atomic E-state index is 14.9. The maximum atomic E-state index is 14.9. The van der Waals surface area contributed by atoms with Crippen LogP contribution < -0.4 is 9.47 Å². The van der Waals surface area contributed by atoms with Crippen LogP contribution in [0.25, 0.3) is 16.7 Å². The summed E-state index contributed by atoms with van der Waals surface area (Å²) in [7, 11) is 1.27. The molecule has 8 heteroatoms. The molecule has 0 fully saturated rings. The van der Waals surface area contributed by atoms with Crippen molar-refractivity contribution in [3.63, 3.8) is 0 Å². The minimum absolute atomic E-state index is 0.127. The van der Waals surface area contributed by atoms with E-state index in [-0.39, 0.29) is 47.1 Å². The number of rotatable bonds is 8. The summed E-state index contributed by atoms with van der Waals surface area (Å²) in [5.74, 6) is -7.22. The number of methoxy groups -OCH3 is 1. The largest absolute Gasteiger partial charge is 0.494 e. The van der Waals surface area contributed by atoms with E-state index < -0.39 is 40.5 Å². The van der Waals surface area contributed by atoms with Crippen molar-refractivity contribution in [3.8, 4) is 22.6 Å². The maximum Gasteiger partial charge on any atom is 0.201 e. The van der Waals surface area contributed by atoms with Gasteiger partial charge in [-0.3, -0.25) is 0 Å². The van der Waals surface area contributed by atoms with E-state index >= 15 is 0 Å². The molecule has 0 saturated heterocycles. The Labute approximate surface area is 211 Å². The van der Waals surface area contributed by atoms with Gasteiger partial charge in [-0.15, -0.1) is 0 Å². The first-order chi connectivity index (χ1) is 17.8. The molecular formula is C29H26F6O2. The molecule has 3 aromatic rings. The summed E-state index contributed by atoms with van der Waals surface area (Å²) >= 11 is 0. The first-order valence-corrected chi connectivity index (χ1v) is 12.1. The van der Waals surface area contributed by atoms with Crippen LogP contribution in [0.2, 0.25) is 0 Å². The zero-order valence-electron chi connectivity index (χ0n) is 20.4. The predicted octanol–water partition coefficient (Wildman–Crippen LogP) is 8.41. The Kier molecular flexibility index (Phi) is 8.15. The van der Waals surface area contributed by atoms with Gasteiger partial charge in [0.05, 0.1) is 13.7 Å². The lowest BCUT2D eigenvalue weighted by atomic mass is 9.83. The summed E-state index contributed by atoms with van der Waals surface area (Å²) in [6.07, 6.45) is 4.42. The lowest BCUT2D eigenvalue weighted by Gasteiger charge is -2.23. The molecule has 0 heterocycles. The molecule has 0 saturated carbocycles. The van der Waals surface area contributed by atoms with E-state index in [0.717, 1.165) is 6.07 Å². The van der Waals surface area contributed by atoms with E-state index in [4.69, 9.17) is 9.47 Å². The molecule has 1 aliphatic carbocycles. The number of halogens is 6. The Bertz CT molecular complexity index is 1330. The van der Waals surface area contributed by atoms with Crippen molar-refractivity contribution in [2.24, 2.45) is 5.92 Å². The van der Waals surface area contributed by atoms with Gasteiger partial charge in [-0.1, -0.05) is 18.2 Å². The predicted molar refractivity (Wildman–Crippen MR) is 129 cm³/mol. The van der Waals surface area contributed by atoms with Crippen molar-refractivity contribution in [2.45, 2.75) is 39.0 Å². The van der Waals surface area contributed by atoms with Gasteiger partial charge < -0.3 is 9.47 Å². The van der Waals surface area contributed by atoms with Gasteiger partial charge in [0.15, 0.2) is 34.8 Å². The molecule has 0 amide bonds. The second-order valence-electron chi connectivity index (χ2n) is 8.92. The summed E-state index contributed by atoms with van der Waals surface area (Å²) in [6, 6.07) is 7.83. The molecule has 3 aromatic carbocycles. The molecule has 4 rings (SSSR count). The van der Waals surface area contributed by atoms with Crippen LogP contribution in [0, 0.1) is 40.8 Å². The van der Waals surface area contributed by atoms with Gasteiger partial charge in [0, 0.05) is 16.7 Å². The van der Waals surface area contributed by atoms with Crippen molar-refractivity contribution in [3.05, 3.63) is 88.5 Å². The molecule has 0 N–H and O–H groups in total. The lowest BCUT2D eigenvalue weighted by Crippen LogP contribution is -2.09. The number of aryl methyl sites for hydroxylation is 1. The Hall–Kier alpha value is -3.42. The second kappa shape index (κ2) is 11.3. The van der Waals surface area contributed by atoms with Crippen LogP contribution in [0.5, 0.6) is 11.5 Å². The monoisotopic (exact) mass is 520 g/mol. The van der Waals surface area contributed by atoms with Gasteiger partial charge in [0.2, 0.25) is 11.6 Å². The molecule has 0 bridgehead atoms. The third-order valence-corrected chi connectivity index (χ3v) is 6.75. The lowest BCUT2D eigenvalue weighted by molar-refractivity contribution is 0.314. The average molecular weight is 521 g/mol. The van der Waals surface area contributed by atoms with Crippen LogP contribution in [0.3, 0.4) is 0 Å². The molecular weight excluding hydrogens is 494 g/mol. The highest BCUT2D eigenvalue weighted by Crippen LogP contribution is 2.37. The SMILES string of the molecule is CCOc1ccc(-c2ccc(CCC3CC=C(c4ccc(OC)c(F)c4F)CC3)c(F)c2F)c(F)c1F. The number of hydrogen-bond acceptors (Lipinski definition) is 2. The highest BCUT2D eigenvalue weighted by Gasteiger charge is 2.23. The third kappa shape index (κ3) is 5.33. The van der Waals surface area contributed by atoms with Crippen LogP contribution in [-0.4, -0.2) is 13.7 Å². The number of benzene rings is 3. The highest BCUT2D eigenvalue weighted by atomic mass is 19.2. The van der Waals surface area contributed by atoms with Crippen LogP contribution in [0.4, 0.5) is 26.3 Å². The van der Waals surface area contributed by atoms with E-state index in [1.807, 2.05) is 6.08 Å². The third-order valence-electron chi connectivity index (χ3n) is 6.75. The molecule has 2 nitrogen and oxygen atoms in total. The Morgan fingerprint density at radius 3 is 1.97 bits per heavy atom. The van der Waals surface area contributed by atoms with Gasteiger partial charge in [-0.2, -0.15) is 8.78 Å². The van der Waals surface area contributed by atoms with Gasteiger partial charge in [-0.25, -0.2) is 17.6 Å². The number of hydrogen-bond donors (Lipinski definition) is 0. The summed E-state index contributed by atoms with van der Waals surface area (Å²) in [4.78, 5) is 0. The molecule has 0 aliphatic heterocycles. The fourth-order valence-corrected chi connectivity index (χ4v) is 4.69. The van der Waals surface area contributed by atoms with Crippen LogP contribution in [0.15, 0.2) is 42.5 Å². The van der Waals surface area contributed by atoms with E-state index in [1.165, 1.54) is 37.4 Å². The quantitative estimate of drug-likeness (QED) is 0.278. The molecule has 1 unspecified atom stereocenters. The number of allylic oxidation sites excluding steroid dienone is 2. The smallest absolute Gasteiger partial charge is 0.201 e. The summed E-state index contributed by atoms with van der Waals surface area (Å²) < 4.78 is 96.7. The molecule has 0 aromatic heterocycles. The van der Waals surface area contributed by atoms with E-state index in [1.54, 1.807) is 6.92 Å². The van der Waals surface area contributed by atoms with Gasteiger partial charge in [-0.05, 0) is 80.3 Å². The van der Waals surface area contributed by atoms with Gasteiger partial charge >= 0.3 is 0 Å². The Balaban J connectivity index is 1.45. The summed E-state index contributed by atoms with van der Waals surface area (Å²) in [6.45, 7) is 1.74. The van der Waals surface area contributed by atoms with Gasteiger partial charge in [0.1, 0.15) is 0 Å². The highest BCUT2D eigenvalue weighted by molar-refractivity contribution is 5.68. The van der Waals surface area contributed by atoms with Crippen molar-refractivity contribution in [2.75, 3.05) is 13.7 Å². The zero-order valence-corrected chi connectivity index (χ0v) is 20.4. The molecule has 1 atom stereocenters. The fraction of sp³-hybridized carbons (Fsp3) is 0.310. The molecule has 0 spiro atoms. The fourth-order valence-electron chi connectivity index (χ4n) is 4.69. The van der Waals surface area contributed by atoms with E-state index in [9.17, 15) is 26.3 Å². The summed E-state index contributed by atoms with van der Waals surface area (Å²) in [5, 5.41) is 0. The topological polar surface area (TPSA) is 18.5 Å². The Morgan fingerprint density at radius 1 is 0.730 bits per heavy atom. The second-order valence-corrected chi connectivity index (χ2v) is 8.92. The van der Waals surface area contributed by atoms with Crippen LogP contribution in [-0.2, 0) is 6.42 Å².